The van der Waals surface area contributed by atoms with E-state index in [9.17, 15) is 0 Å². The van der Waals surface area contributed by atoms with Crippen molar-refractivity contribution in [3.05, 3.63) is 42.2 Å². The Morgan fingerprint density at radius 1 is 1.35 bits per heavy atom. The predicted molar refractivity (Wildman–Crippen MR) is 79.6 cm³/mol. The van der Waals surface area contributed by atoms with Crippen LogP contribution in [-0.2, 0) is 11.3 Å². The van der Waals surface area contributed by atoms with Gasteiger partial charge in [-0.05, 0) is 19.5 Å². The third-order valence-corrected chi connectivity index (χ3v) is 3.84. The fraction of sp³-hybridized carbons (Fsp3) is 0.438. The fourth-order valence-electron chi connectivity index (χ4n) is 2.72. The maximum Gasteiger partial charge on any atom is 0.140 e. The van der Waals surface area contributed by atoms with Crippen LogP contribution < -0.4 is 0 Å². The maximum absolute atomic E-state index is 5.85. The Kier molecular flexibility index (Phi) is 3.85. The lowest BCUT2D eigenvalue weighted by atomic mass is 10.1. The summed E-state index contributed by atoms with van der Waals surface area (Å²) in [5.41, 5.74) is 2.45. The van der Waals surface area contributed by atoms with Gasteiger partial charge in [-0.15, -0.1) is 0 Å². The second kappa shape index (κ2) is 5.77. The van der Waals surface area contributed by atoms with Crippen molar-refractivity contribution in [2.45, 2.75) is 19.6 Å². The van der Waals surface area contributed by atoms with Crippen molar-refractivity contribution in [2.75, 3.05) is 26.7 Å². The van der Waals surface area contributed by atoms with E-state index in [4.69, 9.17) is 4.74 Å². The molecule has 1 aliphatic rings. The largest absolute Gasteiger partial charge is 0.374 e. The molecule has 0 spiro atoms. The molecular weight excluding hydrogens is 250 g/mol. The Morgan fingerprint density at radius 3 is 3.00 bits per heavy atom. The maximum atomic E-state index is 5.85. The second-order valence-electron chi connectivity index (χ2n) is 5.47. The molecule has 1 atom stereocenters. The van der Waals surface area contributed by atoms with Crippen molar-refractivity contribution >= 4 is 0 Å². The van der Waals surface area contributed by atoms with Gasteiger partial charge >= 0.3 is 0 Å². The van der Waals surface area contributed by atoms with Gasteiger partial charge in [0.2, 0.25) is 0 Å². The van der Waals surface area contributed by atoms with Crippen LogP contribution in [0.5, 0.6) is 0 Å². The average molecular weight is 271 g/mol. The third-order valence-electron chi connectivity index (χ3n) is 3.84. The summed E-state index contributed by atoms with van der Waals surface area (Å²) in [7, 11) is 2.14. The molecule has 4 heteroatoms. The molecule has 1 unspecified atom stereocenters. The van der Waals surface area contributed by atoms with Gasteiger partial charge in [-0.1, -0.05) is 24.3 Å². The number of likely N-dealkylation sites (N-methyl/N-ethyl adjacent to an activating group) is 1. The second-order valence-corrected chi connectivity index (χ2v) is 5.47. The van der Waals surface area contributed by atoms with E-state index in [1.807, 2.05) is 12.4 Å². The number of benzene rings is 1. The molecule has 1 fully saturated rings. The lowest BCUT2D eigenvalue weighted by Gasteiger charge is -2.30. The molecule has 4 nitrogen and oxygen atoms in total. The Morgan fingerprint density at radius 2 is 2.20 bits per heavy atom. The standard InChI is InChI=1S/C16H21N3O/c1-13-5-3-4-6-15(13)16-17-7-8-19(16)12-14-11-18(2)9-10-20-14/h3-8,14H,9-12H2,1-2H3. The quantitative estimate of drug-likeness (QED) is 0.857. The smallest absolute Gasteiger partial charge is 0.140 e. The topological polar surface area (TPSA) is 30.3 Å². The predicted octanol–water partition coefficient (Wildman–Crippen LogP) is 2.19. The lowest BCUT2D eigenvalue weighted by molar-refractivity contribution is -0.0272. The SMILES string of the molecule is Cc1ccccc1-c1nccn1CC1CN(C)CCO1. The van der Waals surface area contributed by atoms with Gasteiger partial charge in [0.1, 0.15) is 5.82 Å². The molecule has 2 heterocycles. The van der Waals surface area contributed by atoms with Crippen LogP contribution in [0.2, 0.25) is 0 Å². The van der Waals surface area contributed by atoms with Crippen LogP contribution >= 0.6 is 0 Å². The zero-order chi connectivity index (χ0) is 13.9. The van der Waals surface area contributed by atoms with Crippen LogP contribution in [0.3, 0.4) is 0 Å². The molecule has 106 valence electrons. The molecule has 0 amide bonds. The summed E-state index contributed by atoms with van der Waals surface area (Å²) in [5.74, 6) is 1.03. The summed E-state index contributed by atoms with van der Waals surface area (Å²) >= 11 is 0. The van der Waals surface area contributed by atoms with Gasteiger partial charge in [-0.25, -0.2) is 4.98 Å². The summed E-state index contributed by atoms with van der Waals surface area (Å²) in [6.45, 7) is 5.79. The molecule has 0 bridgehead atoms. The summed E-state index contributed by atoms with van der Waals surface area (Å²) in [6, 6.07) is 8.37. The number of imidazole rings is 1. The molecule has 2 aromatic rings. The van der Waals surface area contributed by atoms with E-state index in [1.165, 1.54) is 11.1 Å². The van der Waals surface area contributed by atoms with Gasteiger partial charge < -0.3 is 14.2 Å². The normalized spacial score (nSPS) is 20.2. The summed E-state index contributed by atoms with van der Waals surface area (Å²) in [5, 5.41) is 0. The molecular formula is C16H21N3O. The van der Waals surface area contributed by atoms with E-state index < -0.39 is 0 Å². The highest BCUT2D eigenvalue weighted by Crippen LogP contribution is 2.22. The van der Waals surface area contributed by atoms with Crippen molar-refractivity contribution in [1.82, 2.24) is 14.5 Å². The minimum Gasteiger partial charge on any atom is -0.374 e. The van der Waals surface area contributed by atoms with E-state index in [-0.39, 0.29) is 6.10 Å². The van der Waals surface area contributed by atoms with Crippen LogP contribution in [0.4, 0.5) is 0 Å². The molecule has 0 aliphatic carbocycles. The Bertz CT molecular complexity index is 579. The van der Waals surface area contributed by atoms with Crippen molar-refractivity contribution in [3.63, 3.8) is 0 Å². The van der Waals surface area contributed by atoms with Gasteiger partial charge in [0.15, 0.2) is 0 Å². The van der Waals surface area contributed by atoms with Crippen molar-refractivity contribution in [2.24, 2.45) is 0 Å². The molecule has 1 aromatic carbocycles. The zero-order valence-electron chi connectivity index (χ0n) is 12.1. The Labute approximate surface area is 120 Å². The number of aryl methyl sites for hydroxylation is 1. The van der Waals surface area contributed by atoms with E-state index in [2.05, 4.69) is 52.7 Å². The molecule has 1 aromatic heterocycles. The number of aromatic nitrogens is 2. The molecule has 0 saturated carbocycles. The monoisotopic (exact) mass is 271 g/mol. The van der Waals surface area contributed by atoms with E-state index >= 15 is 0 Å². The highest BCUT2D eigenvalue weighted by atomic mass is 16.5. The molecule has 20 heavy (non-hydrogen) atoms. The first-order chi connectivity index (χ1) is 9.74. The minimum atomic E-state index is 0.241. The zero-order valence-corrected chi connectivity index (χ0v) is 12.1. The van der Waals surface area contributed by atoms with Gasteiger partial charge in [0, 0.05) is 31.0 Å². The Balaban J connectivity index is 1.82. The van der Waals surface area contributed by atoms with Crippen LogP contribution in [0, 0.1) is 6.92 Å². The summed E-state index contributed by atoms with van der Waals surface area (Å²) in [6.07, 6.45) is 4.15. The highest BCUT2D eigenvalue weighted by Gasteiger charge is 2.19. The first-order valence-electron chi connectivity index (χ1n) is 7.11. The van der Waals surface area contributed by atoms with Gasteiger partial charge in [-0.3, -0.25) is 0 Å². The molecule has 3 rings (SSSR count). The van der Waals surface area contributed by atoms with Gasteiger partial charge in [0.05, 0.1) is 19.3 Å². The van der Waals surface area contributed by atoms with Crippen LogP contribution in [-0.4, -0.2) is 47.3 Å². The highest BCUT2D eigenvalue weighted by molar-refractivity contribution is 5.60. The van der Waals surface area contributed by atoms with Crippen LogP contribution in [0.1, 0.15) is 5.56 Å². The number of hydrogen-bond acceptors (Lipinski definition) is 3. The molecule has 0 N–H and O–H groups in total. The van der Waals surface area contributed by atoms with E-state index in [1.54, 1.807) is 0 Å². The molecule has 0 radical (unpaired) electrons. The van der Waals surface area contributed by atoms with Crippen LogP contribution in [0.15, 0.2) is 36.7 Å². The first kappa shape index (κ1) is 13.3. The minimum absolute atomic E-state index is 0.241. The number of rotatable bonds is 3. The number of morpholine rings is 1. The number of hydrogen-bond donors (Lipinski definition) is 0. The summed E-state index contributed by atoms with van der Waals surface area (Å²) in [4.78, 5) is 6.84. The van der Waals surface area contributed by atoms with Gasteiger partial charge in [0.25, 0.3) is 0 Å². The van der Waals surface area contributed by atoms with Crippen molar-refractivity contribution in [3.8, 4) is 11.4 Å². The van der Waals surface area contributed by atoms with Crippen molar-refractivity contribution < 1.29 is 4.74 Å². The van der Waals surface area contributed by atoms with E-state index in [0.29, 0.717) is 0 Å². The van der Waals surface area contributed by atoms with E-state index in [0.717, 1.165) is 32.1 Å². The average Bonchev–Trinajstić information content (AvgIpc) is 2.87. The molecule has 1 saturated heterocycles. The van der Waals surface area contributed by atoms with Crippen molar-refractivity contribution in [1.29, 1.82) is 0 Å². The lowest BCUT2D eigenvalue weighted by Crippen LogP contribution is -2.41. The number of ether oxygens (including phenoxy) is 1. The first-order valence-corrected chi connectivity index (χ1v) is 7.11. The fourth-order valence-corrected chi connectivity index (χ4v) is 2.72. The molecule has 1 aliphatic heterocycles. The Hall–Kier alpha value is -1.65. The van der Waals surface area contributed by atoms with Crippen LogP contribution in [0.25, 0.3) is 11.4 Å². The summed E-state index contributed by atoms with van der Waals surface area (Å²) < 4.78 is 8.05. The number of nitrogens with zero attached hydrogens (tertiary/aromatic N) is 3. The van der Waals surface area contributed by atoms with Gasteiger partial charge in [-0.2, -0.15) is 0 Å². The third kappa shape index (κ3) is 2.76.